The highest BCUT2D eigenvalue weighted by atomic mass is 79.9. The van der Waals surface area contributed by atoms with Gasteiger partial charge in [-0.25, -0.2) is 4.99 Å². The standard InChI is InChI=1S/C24H18BrN3O/c1-27-20-11-10-17(25)14-19(20)24(23(27)29)18-9-5-8-15-12-13-28(21(15)18)22(26-24)16-6-3-2-4-7-16/h2-11,14H,12-13H2,1H3. The third-order valence-corrected chi connectivity index (χ3v) is 6.76. The summed E-state index contributed by atoms with van der Waals surface area (Å²) in [4.78, 5) is 23.1. The molecule has 3 heterocycles. The van der Waals surface area contributed by atoms with E-state index in [0.29, 0.717) is 0 Å². The number of likely N-dealkylation sites (N-methyl/N-ethyl adjacent to an activating group) is 1. The second-order valence-corrected chi connectivity index (χ2v) is 8.67. The first-order chi connectivity index (χ1) is 14.1. The van der Waals surface area contributed by atoms with Crippen LogP contribution < -0.4 is 9.80 Å². The Morgan fingerprint density at radius 1 is 1.00 bits per heavy atom. The first kappa shape index (κ1) is 17.0. The van der Waals surface area contributed by atoms with Crippen LogP contribution >= 0.6 is 15.9 Å². The molecule has 0 aliphatic carbocycles. The Morgan fingerprint density at radius 3 is 2.66 bits per heavy atom. The number of rotatable bonds is 1. The van der Waals surface area contributed by atoms with Crippen LogP contribution in [0.5, 0.6) is 0 Å². The second kappa shape index (κ2) is 5.80. The van der Waals surface area contributed by atoms with Gasteiger partial charge in [-0.3, -0.25) is 4.79 Å². The molecule has 0 aromatic heterocycles. The number of amides is 1. The Labute approximate surface area is 177 Å². The van der Waals surface area contributed by atoms with Crippen LogP contribution in [0.3, 0.4) is 0 Å². The molecule has 3 aliphatic heterocycles. The Morgan fingerprint density at radius 2 is 1.83 bits per heavy atom. The van der Waals surface area contributed by atoms with E-state index in [1.54, 1.807) is 4.90 Å². The van der Waals surface area contributed by atoms with E-state index in [0.717, 1.165) is 51.3 Å². The molecule has 3 aromatic carbocycles. The van der Waals surface area contributed by atoms with Gasteiger partial charge in [0.15, 0.2) is 5.54 Å². The molecule has 3 aliphatic rings. The minimum atomic E-state index is -1.05. The average Bonchev–Trinajstić information content (AvgIpc) is 3.26. The zero-order chi connectivity index (χ0) is 19.8. The molecule has 0 radical (unpaired) electrons. The number of halogens is 1. The monoisotopic (exact) mass is 443 g/mol. The molecule has 0 saturated heterocycles. The molecule has 0 N–H and O–H groups in total. The van der Waals surface area contributed by atoms with Gasteiger partial charge in [0.25, 0.3) is 5.91 Å². The van der Waals surface area contributed by atoms with Crippen molar-refractivity contribution >= 4 is 39.0 Å². The lowest BCUT2D eigenvalue weighted by atomic mass is 9.81. The molecule has 29 heavy (non-hydrogen) atoms. The first-order valence-corrected chi connectivity index (χ1v) is 10.5. The molecule has 0 bridgehead atoms. The zero-order valence-corrected chi connectivity index (χ0v) is 17.5. The van der Waals surface area contributed by atoms with E-state index >= 15 is 0 Å². The molecule has 1 unspecified atom stereocenters. The number of nitrogens with zero attached hydrogens (tertiary/aromatic N) is 3. The van der Waals surface area contributed by atoms with E-state index in [9.17, 15) is 4.79 Å². The van der Waals surface area contributed by atoms with E-state index in [1.165, 1.54) is 5.56 Å². The fraction of sp³-hybridized carbons (Fsp3) is 0.167. The van der Waals surface area contributed by atoms with Gasteiger partial charge in [-0.1, -0.05) is 64.5 Å². The molecule has 4 nitrogen and oxygen atoms in total. The Kier molecular flexibility index (Phi) is 3.40. The van der Waals surface area contributed by atoms with Gasteiger partial charge >= 0.3 is 0 Å². The van der Waals surface area contributed by atoms with Crippen LogP contribution in [0.2, 0.25) is 0 Å². The first-order valence-electron chi connectivity index (χ1n) is 9.74. The number of hydrogen-bond donors (Lipinski definition) is 0. The van der Waals surface area contributed by atoms with Gasteiger partial charge < -0.3 is 9.80 Å². The van der Waals surface area contributed by atoms with Crippen LogP contribution in [-0.4, -0.2) is 25.3 Å². The predicted molar refractivity (Wildman–Crippen MR) is 119 cm³/mol. The number of fused-ring (bicyclic) bond motifs is 3. The van der Waals surface area contributed by atoms with Gasteiger partial charge in [0, 0.05) is 40.4 Å². The Balaban J connectivity index is 1.74. The molecule has 1 amide bonds. The SMILES string of the molecule is CN1C(=O)C2(N=C(c3ccccc3)N3CCc4cccc2c43)c2cc(Br)ccc21. The van der Waals surface area contributed by atoms with Crippen molar-refractivity contribution < 1.29 is 4.79 Å². The van der Waals surface area contributed by atoms with Gasteiger partial charge in [0.05, 0.1) is 5.69 Å². The van der Waals surface area contributed by atoms with Crippen LogP contribution in [0.4, 0.5) is 11.4 Å². The summed E-state index contributed by atoms with van der Waals surface area (Å²) in [7, 11) is 1.84. The van der Waals surface area contributed by atoms with Crippen molar-refractivity contribution in [2.75, 3.05) is 23.4 Å². The fourth-order valence-electron chi connectivity index (χ4n) is 4.97. The van der Waals surface area contributed by atoms with Crippen molar-refractivity contribution in [2.24, 2.45) is 4.99 Å². The van der Waals surface area contributed by atoms with E-state index in [4.69, 9.17) is 4.99 Å². The quantitative estimate of drug-likeness (QED) is 0.555. The van der Waals surface area contributed by atoms with Crippen LogP contribution in [0.1, 0.15) is 22.3 Å². The number of hydrogen-bond acceptors (Lipinski definition) is 3. The molecule has 3 aromatic rings. The molecule has 0 saturated carbocycles. The second-order valence-electron chi connectivity index (χ2n) is 7.75. The zero-order valence-electron chi connectivity index (χ0n) is 15.9. The maximum atomic E-state index is 13.8. The van der Waals surface area contributed by atoms with Gasteiger partial charge in [-0.2, -0.15) is 0 Å². The molecule has 0 fully saturated rings. The van der Waals surface area contributed by atoms with Crippen LogP contribution in [0, 0.1) is 0 Å². The number of carbonyl (C=O) groups excluding carboxylic acids is 1. The minimum Gasteiger partial charge on any atom is -0.325 e. The van der Waals surface area contributed by atoms with E-state index in [2.05, 4.69) is 51.2 Å². The van der Waals surface area contributed by atoms with E-state index < -0.39 is 5.54 Å². The summed E-state index contributed by atoms with van der Waals surface area (Å²) in [5.74, 6) is 0.872. The Hall–Kier alpha value is -2.92. The van der Waals surface area contributed by atoms with Crippen molar-refractivity contribution in [2.45, 2.75) is 12.0 Å². The summed E-state index contributed by atoms with van der Waals surface area (Å²) in [5.41, 5.74) is 5.26. The van der Waals surface area contributed by atoms with Crippen molar-refractivity contribution in [3.8, 4) is 0 Å². The van der Waals surface area contributed by atoms with Gasteiger partial charge in [0.2, 0.25) is 0 Å². The number of para-hydroxylation sites is 1. The summed E-state index contributed by atoms with van der Waals surface area (Å²) in [6, 6.07) is 22.5. The minimum absolute atomic E-state index is 0.000943. The van der Waals surface area contributed by atoms with Crippen molar-refractivity contribution in [1.29, 1.82) is 0 Å². The molecular formula is C24H18BrN3O. The van der Waals surface area contributed by atoms with Crippen molar-refractivity contribution in [1.82, 2.24) is 0 Å². The maximum absolute atomic E-state index is 13.8. The largest absolute Gasteiger partial charge is 0.325 e. The number of anilines is 2. The Bertz CT molecular complexity index is 1220. The third-order valence-electron chi connectivity index (χ3n) is 6.27. The predicted octanol–water partition coefficient (Wildman–Crippen LogP) is 4.49. The summed E-state index contributed by atoms with van der Waals surface area (Å²) in [6.45, 7) is 0.880. The lowest BCUT2D eigenvalue weighted by Crippen LogP contribution is -2.46. The summed E-state index contributed by atoms with van der Waals surface area (Å²) in [5, 5.41) is 0. The topological polar surface area (TPSA) is 35.9 Å². The molecule has 1 spiro atoms. The number of amidine groups is 1. The third kappa shape index (κ3) is 2.08. The number of carbonyl (C=O) groups is 1. The fourth-order valence-corrected chi connectivity index (χ4v) is 5.33. The van der Waals surface area contributed by atoms with Crippen molar-refractivity contribution in [3.63, 3.8) is 0 Å². The molecule has 5 heteroatoms. The lowest BCUT2D eigenvalue weighted by molar-refractivity contribution is -0.121. The van der Waals surface area contributed by atoms with Crippen molar-refractivity contribution in [3.05, 3.63) is 93.5 Å². The highest BCUT2D eigenvalue weighted by Crippen LogP contribution is 2.54. The molecule has 142 valence electrons. The van der Waals surface area contributed by atoms with E-state index in [1.807, 2.05) is 43.4 Å². The molecular weight excluding hydrogens is 426 g/mol. The lowest BCUT2D eigenvalue weighted by Gasteiger charge is -2.37. The summed E-state index contributed by atoms with van der Waals surface area (Å²) < 4.78 is 0.949. The number of benzene rings is 3. The molecule has 1 atom stereocenters. The molecule has 6 rings (SSSR count). The highest BCUT2D eigenvalue weighted by molar-refractivity contribution is 9.10. The van der Waals surface area contributed by atoms with Gasteiger partial charge in [-0.05, 0) is 30.2 Å². The number of aliphatic imine (C=N–C) groups is 1. The normalized spacial score (nSPS) is 21.4. The maximum Gasteiger partial charge on any atom is 0.264 e. The van der Waals surface area contributed by atoms with Crippen LogP contribution in [-0.2, 0) is 16.8 Å². The van der Waals surface area contributed by atoms with Gasteiger partial charge in [-0.15, -0.1) is 0 Å². The summed E-state index contributed by atoms with van der Waals surface area (Å²) >= 11 is 3.60. The van der Waals surface area contributed by atoms with E-state index in [-0.39, 0.29) is 5.91 Å². The summed E-state index contributed by atoms with van der Waals surface area (Å²) in [6.07, 6.45) is 0.959. The van der Waals surface area contributed by atoms with Gasteiger partial charge in [0.1, 0.15) is 5.84 Å². The highest BCUT2D eigenvalue weighted by Gasteiger charge is 2.56. The average molecular weight is 444 g/mol. The van der Waals surface area contributed by atoms with Crippen LogP contribution in [0.15, 0.2) is 76.2 Å². The smallest absolute Gasteiger partial charge is 0.264 e. The van der Waals surface area contributed by atoms with Crippen LogP contribution in [0.25, 0.3) is 0 Å².